The fourth-order valence-electron chi connectivity index (χ4n) is 2.16. The van der Waals surface area contributed by atoms with E-state index in [2.05, 4.69) is 10.1 Å². The third kappa shape index (κ3) is 5.00. The van der Waals surface area contributed by atoms with Crippen LogP contribution in [0.4, 0.5) is 25.0 Å². The van der Waals surface area contributed by atoms with Crippen molar-refractivity contribution in [3.8, 4) is 0 Å². The van der Waals surface area contributed by atoms with Gasteiger partial charge < -0.3 is 14.8 Å². The van der Waals surface area contributed by atoms with Crippen molar-refractivity contribution in [1.29, 1.82) is 0 Å². The van der Waals surface area contributed by atoms with Crippen molar-refractivity contribution in [2.75, 3.05) is 31.0 Å². The van der Waals surface area contributed by atoms with Crippen molar-refractivity contribution in [3.05, 3.63) is 59.7 Å². The van der Waals surface area contributed by atoms with Crippen LogP contribution in [0.3, 0.4) is 0 Å². The van der Waals surface area contributed by atoms with Gasteiger partial charge in [-0.25, -0.2) is 18.4 Å². The van der Waals surface area contributed by atoms with Crippen molar-refractivity contribution in [2.45, 2.75) is 0 Å². The molecule has 7 nitrogen and oxygen atoms in total. The molecule has 2 aromatic carbocycles. The Morgan fingerprint density at radius 3 is 2.48 bits per heavy atom. The average Bonchev–Trinajstić information content (AvgIpc) is 2.67. The number of ether oxygens (including phenoxy) is 2. The topological polar surface area (TPSA) is 84.9 Å². The minimum atomic E-state index is -0.959. The molecule has 0 spiro atoms. The van der Waals surface area contributed by atoms with E-state index in [-0.39, 0.29) is 16.9 Å². The number of amides is 2. The van der Waals surface area contributed by atoms with E-state index in [0.717, 1.165) is 17.0 Å². The number of rotatable bonds is 5. The van der Waals surface area contributed by atoms with E-state index in [4.69, 9.17) is 4.74 Å². The lowest BCUT2D eigenvalue weighted by Gasteiger charge is -2.18. The second-order valence-electron chi connectivity index (χ2n) is 5.29. The van der Waals surface area contributed by atoms with Crippen molar-refractivity contribution >= 4 is 29.3 Å². The Hall–Kier alpha value is -3.49. The van der Waals surface area contributed by atoms with E-state index < -0.39 is 36.2 Å². The number of hydrogen-bond donors (Lipinski definition) is 1. The third-order valence-corrected chi connectivity index (χ3v) is 3.47. The van der Waals surface area contributed by atoms with Gasteiger partial charge in [0.2, 0.25) is 0 Å². The molecule has 0 aliphatic rings. The van der Waals surface area contributed by atoms with Gasteiger partial charge in [0.25, 0.3) is 5.91 Å². The van der Waals surface area contributed by atoms with Gasteiger partial charge in [-0.2, -0.15) is 0 Å². The molecule has 0 heterocycles. The number of para-hydroxylation sites is 1. The van der Waals surface area contributed by atoms with Crippen LogP contribution in [0, 0.1) is 11.6 Å². The number of carbonyl (C=O) groups is 3. The molecule has 0 aliphatic heterocycles. The molecular weight excluding hydrogens is 362 g/mol. The highest BCUT2D eigenvalue weighted by atomic mass is 19.1. The molecule has 2 rings (SSSR count). The molecule has 0 radical (unpaired) electrons. The van der Waals surface area contributed by atoms with Gasteiger partial charge in [0.05, 0.1) is 24.0 Å². The highest BCUT2D eigenvalue weighted by Gasteiger charge is 2.20. The second kappa shape index (κ2) is 8.75. The van der Waals surface area contributed by atoms with Crippen LogP contribution in [0.25, 0.3) is 0 Å². The molecule has 0 bridgehead atoms. The first kappa shape index (κ1) is 19.8. The molecule has 2 aromatic rings. The summed E-state index contributed by atoms with van der Waals surface area (Å²) in [4.78, 5) is 36.8. The number of carbonyl (C=O) groups excluding carboxylic acids is 3. The molecule has 0 unspecified atom stereocenters. The Kier molecular flexibility index (Phi) is 6.42. The molecule has 0 aliphatic carbocycles. The summed E-state index contributed by atoms with van der Waals surface area (Å²) in [7, 11) is 2.60. The Bertz CT molecular complexity index is 873. The van der Waals surface area contributed by atoms with E-state index >= 15 is 0 Å². The normalized spacial score (nSPS) is 10.1. The number of anilines is 2. The van der Waals surface area contributed by atoms with E-state index in [1.54, 1.807) is 12.1 Å². The van der Waals surface area contributed by atoms with E-state index in [1.165, 1.54) is 26.3 Å². The van der Waals surface area contributed by atoms with Gasteiger partial charge in [0.15, 0.2) is 6.61 Å². The fourth-order valence-corrected chi connectivity index (χ4v) is 2.16. The number of methoxy groups -OCH3 is 1. The lowest BCUT2D eigenvalue weighted by molar-refractivity contribution is -0.119. The molecule has 142 valence electrons. The number of nitrogens with zero attached hydrogens (tertiary/aromatic N) is 1. The average molecular weight is 378 g/mol. The maximum absolute atomic E-state index is 13.5. The van der Waals surface area contributed by atoms with Gasteiger partial charge in [-0.05, 0) is 24.3 Å². The first-order valence-corrected chi connectivity index (χ1v) is 7.66. The predicted molar refractivity (Wildman–Crippen MR) is 92.5 cm³/mol. The number of nitrogens with one attached hydrogen (secondary N) is 1. The molecule has 0 saturated heterocycles. The third-order valence-electron chi connectivity index (χ3n) is 3.47. The number of hydrogen-bond acceptors (Lipinski definition) is 5. The SMILES string of the molecule is COC(=O)N(C)c1ccccc1C(=O)OCC(=O)Nc1ccc(F)cc1F. The van der Waals surface area contributed by atoms with Crippen molar-refractivity contribution in [2.24, 2.45) is 0 Å². The summed E-state index contributed by atoms with van der Waals surface area (Å²) in [6.07, 6.45) is -0.695. The summed E-state index contributed by atoms with van der Waals surface area (Å²) in [5, 5.41) is 2.17. The number of halogens is 2. The minimum absolute atomic E-state index is 0.0335. The molecule has 0 saturated carbocycles. The largest absolute Gasteiger partial charge is 0.452 e. The van der Waals surface area contributed by atoms with Gasteiger partial charge in [-0.15, -0.1) is 0 Å². The minimum Gasteiger partial charge on any atom is -0.452 e. The van der Waals surface area contributed by atoms with Crippen LogP contribution in [-0.2, 0) is 14.3 Å². The van der Waals surface area contributed by atoms with Gasteiger partial charge in [-0.3, -0.25) is 9.69 Å². The maximum atomic E-state index is 13.5. The molecule has 9 heteroatoms. The monoisotopic (exact) mass is 378 g/mol. The summed E-state index contributed by atoms with van der Waals surface area (Å²) in [6.45, 7) is -0.702. The summed E-state index contributed by atoms with van der Waals surface area (Å²) < 4.78 is 35.9. The standard InChI is InChI=1S/C18H16F2N2O5/c1-22(18(25)26-2)15-6-4-3-5-12(15)17(24)27-10-16(23)21-14-8-7-11(19)9-13(14)20/h3-9H,10H2,1-2H3,(H,21,23). The van der Waals surface area contributed by atoms with Crippen LogP contribution in [0.1, 0.15) is 10.4 Å². The maximum Gasteiger partial charge on any atom is 0.413 e. The predicted octanol–water partition coefficient (Wildman–Crippen LogP) is 2.96. The molecule has 0 aromatic heterocycles. The summed E-state index contributed by atoms with van der Waals surface area (Å²) in [5.41, 5.74) is 0.00812. The molecule has 1 N–H and O–H groups in total. The quantitative estimate of drug-likeness (QED) is 0.809. The van der Waals surface area contributed by atoms with Crippen LogP contribution >= 0.6 is 0 Å². The van der Waals surface area contributed by atoms with Crippen LogP contribution in [-0.4, -0.2) is 38.7 Å². The highest BCUT2D eigenvalue weighted by Crippen LogP contribution is 2.21. The lowest BCUT2D eigenvalue weighted by atomic mass is 10.1. The van der Waals surface area contributed by atoms with Crippen LogP contribution in [0.2, 0.25) is 0 Å². The Morgan fingerprint density at radius 2 is 1.81 bits per heavy atom. The van der Waals surface area contributed by atoms with E-state index in [1.807, 2.05) is 0 Å². The van der Waals surface area contributed by atoms with Crippen molar-refractivity contribution in [3.63, 3.8) is 0 Å². The molecular formula is C18H16F2N2O5. The fraction of sp³-hybridized carbons (Fsp3) is 0.167. The summed E-state index contributed by atoms with van der Waals surface area (Å²) in [6, 6.07) is 8.71. The zero-order valence-electron chi connectivity index (χ0n) is 14.5. The highest BCUT2D eigenvalue weighted by molar-refractivity contribution is 6.01. The Labute approximate surface area is 153 Å². The summed E-state index contributed by atoms with van der Waals surface area (Å²) in [5.74, 6) is -3.42. The zero-order chi connectivity index (χ0) is 20.0. The van der Waals surface area contributed by atoms with Crippen LogP contribution in [0.5, 0.6) is 0 Å². The van der Waals surface area contributed by atoms with Crippen molar-refractivity contribution in [1.82, 2.24) is 0 Å². The first-order valence-electron chi connectivity index (χ1n) is 7.66. The second-order valence-corrected chi connectivity index (χ2v) is 5.29. The van der Waals surface area contributed by atoms with E-state index in [9.17, 15) is 23.2 Å². The Morgan fingerprint density at radius 1 is 1.11 bits per heavy atom. The van der Waals surface area contributed by atoms with Gasteiger partial charge in [0, 0.05) is 13.1 Å². The lowest BCUT2D eigenvalue weighted by Crippen LogP contribution is -2.28. The van der Waals surface area contributed by atoms with Crippen LogP contribution in [0.15, 0.2) is 42.5 Å². The number of esters is 1. The molecule has 27 heavy (non-hydrogen) atoms. The van der Waals surface area contributed by atoms with Gasteiger partial charge >= 0.3 is 12.1 Å². The smallest absolute Gasteiger partial charge is 0.413 e. The Balaban J connectivity index is 2.03. The molecule has 2 amide bonds. The zero-order valence-corrected chi connectivity index (χ0v) is 14.5. The summed E-state index contributed by atoms with van der Waals surface area (Å²) >= 11 is 0. The van der Waals surface area contributed by atoms with E-state index in [0.29, 0.717) is 6.07 Å². The van der Waals surface area contributed by atoms with Gasteiger partial charge in [0.1, 0.15) is 11.6 Å². The molecule has 0 atom stereocenters. The van der Waals surface area contributed by atoms with Crippen LogP contribution < -0.4 is 10.2 Å². The molecule has 0 fully saturated rings. The first-order chi connectivity index (χ1) is 12.8. The number of benzene rings is 2. The van der Waals surface area contributed by atoms with Gasteiger partial charge in [-0.1, -0.05) is 12.1 Å². The van der Waals surface area contributed by atoms with Crippen molar-refractivity contribution < 1.29 is 32.6 Å².